The molecule has 6 aromatic carbocycles. The number of nitrogens with zero attached hydrogens (tertiary/aromatic N) is 5. The maximum Gasteiger partial charge on any atom is 2.00 e. The summed E-state index contributed by atoms with van der Waals surface area (Å²) in [6.45, 7) is 0. The number of hydrogen-bond donors (Lipinski definition) is 0. The summed E-state index contributed by atoms with van der Waals surface area (Å²) in [5.74, 6) is 1.13. The van der Waals surface area contributed by atoms with Gasteiger partial charge in [0.05, 0.1) is 39.4 Å². The van der Waals surface area contributed by atoms with E-state index in [1.165, 1.54) is 0 Å². The summed E-state index contributed by atoms with van der Waals surface area (Å²) in [6, 6.07) is 58.9. The van der Waals surface area contributed by atoms with Crippen LogP contribution in [0.3, 0.4) is 0 Å². The molecule has 0 atom stereocenters. The van der Waals surface area contributed by atoms with Crippen LogP contribution >= 0.6 is 0 Å². The summed E-state index contributed by atoms with van der Waals surface area (Å²) in [6.07, 6.45) is 3.78. The van der Waals surface area contributed by atoms with Crippen LogP contribution in [0.4, 0.5) is 0 Å². The number of ether oxygens (including phenoxy) is 1. The number of hydrogen-bond acceptors (Lipinski definition) is 4. The molecule has 0 saturated heterocycles. The Labute approximate surface area is 324 Å². The predicted octanol–water partition coefficient (Wildman–Crippen LogP) is 11.4. The van der Waals surface area contributed by atoms with Crippen LogP contribution in [0.15, 0.2) is 164 Å². The van der Waals surface area contributed by atoms with Crippen molar-refractivity contribution in [2.75, 3.05) is 0 Å². The Morgan fingerprint density at radius 3 is 1.83 bits per heavy atom. The molecule has 0 fully saturated rings. The first-order chi connectivity index (χ1) is 26.3. The fraction of sp³-hybridized carbons (Fsp3) is 0. The quantitative estimate of drug-likeness (QED) is 0.128. The minimum Gasteiger partial charge on any atom is -0.497 e. The average molecular weight is 873 g/mol. The van der Waals surface area contributed by atoms with Crippen LogP contribution < -0.4 is 4.74 Å². The molecule has 7 heteroatoms. The third-order valence-corrected chi connectivity index (χ3v) is 10.0. The van der Waals surface area contributed by atoms with Gasteiger partial charge >= 0.3 is 21.1 Å². The van der Waals surface area contributed by atoms with Crippen molar-refractivity contribution < 1.29 is 25.8 Å². The van der Waals surface area contributed by atoms with E-state index in [9.17, 15) is 0 Å². The molecule has 0 N–H and O–H groups in total. The molecule has 256 valence electrons. The summed E-state index contributed by atoms with van der Waals surface area (Å²) in [7, 11) is 0. The van der Waals surface area contributed by atoms with Crippen LogP contribution in [0.5, 0.6) is 11.5 Å². The third-order valence-electron chi connectivity index (χ3n) is 10.0. The molecular weight excluding hydrogens is 846 g/mol. The molecule has 11 aromatic rings. The Hall–Kier alpha value is -6.62. The number of para-hydroxylation sites is 1. The Kier molecular flexibility index (Phi) is 7.60. The zero-order valence-electron chi connectivity index (χ0n) is 28.5. The van der Waals surface area contributed by atoms with Gasteiger partial charge in [0.2, 0.25) is 0 Å². The fourth-order valence-electron chi connectivity index (χ4n) is 7.71. The van der Waals surface area contributed by atoms with Crippen molar-refractivity contribution in [3.63, 3.8) is 0 Å². The maximum absolute atomic E-state index is 6.61. The van der Waals surface area contributed by atoms with Crippen molar-refractivity contribution in [2.45, 2.75) is 0 Å². The summed E-state index contributed by atoms with van der Waals surface area (Å²) in [4.78, 5) is 15.2. The van der Waals surface area contributed by atoms with E-state index >= 15 is 0 Å². The molecular formula is C47H27N5OPt. The second kappa shape index (κ2) is 12.8. The van der Waals surface area contributed by atoms with Gasteiger partial charge in [-0.2, -0.15) is 0 Å². The first-order valence-corrected chi connectivity index (χ1v) is 17.5. The normalized spacial score (nSPS) is 11.6. The molecule has 0 aliphatic rings. The van der Waals surface area contributed by atoms with Crippen LogP contribution in [0.1, 0.15) is 0 Å². The van der Waals surface area contributed by atoms with Gasteiger partial charge in [-0.25, -0.2) is 0 Å². The second-order valence-corrected chi connectivity index (χ2v) is 13.1. The van der Waals surface area contributed by atoms with Gasteiger partial charge in [-0.3, -0.25) is 15.0 Å². The van der Waals surface area contributed by atoms with Gasteiger partial charge in [0.25, 0.3) is 0 Å². The monoisotopic (exact) mass is 872 g/mol. The number of pyridine rings is 3. The van der Waals surface area contributed by atoms with Crippen LogP contribution in [-0.4, -0.2) is 23.8 Å². The Balaban J connectivity index is 0.00000361. The van der Waals surface area contributed by atoms with Crippen molar-refractivity contribution in [3.8, 4) is 45.3 Å². The van der Waals surface area contributed by atoms with Crippen molar-refractivity contribution >= 4 is 54.8 Å². The molecule has 0 amide bonds. The SMILES string of the molecule is [Pt+2].[c-]1c(Oc2[c-]c3c(cc2)c2ncccc2n2c(-c4ccccc4)c(-c4ccccc4)nc32)ccc2c1c1ncc(-c3ccccc3)n1c1ccccc21. The molecule has 0 bridgehead atoms. The third kappa shape index (κ3) is 4.95. The number of fused-ring (bicyclic) bond motifs is 12. The van der Waals surface area contributed by atoms with Crippen molar-refractivity contribution in [1.29, 1.82) is 0 Å². The smallest absolute Gasteiger partial charge is 0.497 e. The van der Waals surface area contributed by atoms with E-state index in [1.54, 1.807) is 0 Å². The van der Waals surface area contributed by atoms with Gasteiger partial charge in [0, 0.05) is 35.0 Å². The van der Waals surface area contributed by atoms with Gasteiger partial charge < -0.3 is 13.5 Å². The molecule has 0 spiro atoms. The van der Waals surface area contributed by atoms with Gasteiger partial charge in [-0.15, -0.1) is 12.1 Å². The predicted molar refractivity (Wildman–Crippen MR) is 212 cm³/mol. The van der Waals surface area contributed by atoms with Gasteiger partial charge in [-0.05, 0) is 34.7 Å². The minimum absolute atomic E-state index is 0. The molecule has 5 aromatic heterocycles. The number of rotatable bonds is 5. The molecule has 0 saturated carbocycles. The molecule has 0 unspecified atom stereocenters. The summed E-state index contributed by atoms with van der Waals surface area (Å²) in [5, 5.41) is 4.84. The van der Waals surface area contributed by atoms with Crippen molar-refractivity contribution in [3.05, 3.63) is 176 Å². The van der Waals surface area contributed by atoms with Crippen LogP contribution in [0.2, 0.25) is 0 Å². The van der Waals surface area contributed by atoms with E-state index in [4.69, 9.17) is 19.7 Å². The van der Waals surface area contributed by atoms with Crippen molar-refractivity contribution in [2.24, 2.45) is 0 Å². The summed E-state index contributed by atoms with van der Waals surface area (Å²) in [5.41, 5.74) is 10.6. The molecule has 0 aliphatic heterocycles. The minimum atomic E-state index is 0. The number of imidazole rings is 2. The van der Waals surface area contributed by atoms with Crippen LogP contribution in [0.25, 0.3) is 88.5 Å². The standard InChI is InChI=1S/C47H27N5O.Pt/c1-4-13-30(14-5-1)42-29-49-46-38-27-33(22-24-35(38)36-19-10-11-20-40(36)51(42)46)53-34-23-25-37-39(28-34)47-50-43(31-15-6-2-7-16-31)45(32-17-8-3-9-18-32)52(47)41-21-12-26-48-44(37)41;/h1-26,29H;/q-2;+2. The Morgan fingerprint density at radius 1 is 0.481 bits per heavy atom. The summed E-state index contributed by atoms with van der Waals surface area (Å²) >= 11 is 0. The van der Waals surface area contributed by atoms with Gasteiger partial charge in [0.15, 0.2) is 0 Å². The molecule has 5 heterocycles. The molecule has 11 rings (SSSR count). The van der Waals surface area contributed by atoms with E-state index in [0.717, 1.165) is 88.5 Å². The largest absolute Gasteiger partial charge is 2.00 e. The number of aromatic nitrogens is 5. The fourth-order valence-corrected chi connectivity index (χ4v) is 7.71. The van der Waals surface area contributed by atoms with E-state index in [1.807, 2.05) is 60.9 Å². The topological polar surface area (TPSA) is 56.7 Å². The average Bonchev–Trinajstić information content (AvgIpc) is 3.86. The molecule has 6 nitrogen and oxygen atoms in total. The zero-order chi connectivity index (χ0) is 34.9. The molecule has 0 aliphatic carbocycles. The maximum atomic E-state index is 6.61. The second-order valence-electron chi connectivity index (χ2n) is 13.1. The van der Waals surface area contributed by atoms with Crippen LogP contribution in [-0.2, 0) is 21.1 Å². The molecule has 54 heavy (non-hydrogen) atoms. The van der Waals surface area contributed by atoms with Gasteiger partial charge in [-0.1, -0.05) is 155 Å². The first kappa shape index (κ1) is 32.1. The number of benzene rings is 6. The van der Waals surface area contributed by atoms with Crippen LogP contribution in [0, 0.1) is 12.1 Å². The Morgan fingerprint density at radius 2 is 1.09 bits per heavy atom. The van der Waals surface area contributed by atoms with E-state index in [0.29, 0.717) is 11.5 Å². The zero-order valence-corrected chi connectivity index (χ0v) is 30.8. The van der Waals surface area contributed by atoms with E-state index in [2.05, 4.69) is 124 Å². The summed E-state index contributed by atoms with van der Waals surface area (Å²) < 4.78 is 11.0. The molecule has 0 radical (unpaired) electrons. The van der Waals surface area contributed by atoms with Crippen molar-refractivity contribution in [1.82, 2.24) is 23.8 Å². The van der Waals surface area contributed by atoms with E-state index < -0.39 is 0 Å². The Bertz CT molecular complexity index is 3190. The van der Waals surface area contributed by atoms with E-state index in [-0.39, 0.29) is 21.1 Å². The van der Waals surface area contributed by atoms with Gasteiger partial charge in [0.1, 0.15) is 0 Å². The first-order valence-electron chi connectivity index (χ1n) is 17.5.